The maximum atomic E-state index is 12.5. The fourth-order valence-electron chi connectivity index (χ4n) is 3.76. The van der Waals surface area contributed by atoms with Crippen LogP contribution in [0.2, 0.25) is 0 Å². The van der Waals surface area contributed by atoms with Gasteiger partial charge in [0.05, 0.1) is 13.2 Å². The van der Waals surface area contributed by atoms with Gasteiger partial charge in [0.2, 0.25) is 0 Å². The molecule has 35 heavy (non-hydrogen) atoms. The van der Waals surface area contributed by atoms with E-state index in [-0.39, 0.29) is 45.1 Å². The Morgan fingerprint density at radius 3 is 2.29 bits per heavy atom. The van der Waals surface area contributed by atoms with Crippen LogP contribution < -0.4 is 0 Å². The van der Waals surface area contributed by atoms with Crippen LogP contribution in [0.4, 0.5) is 8.78 Å². The Labute approximate surface area is 202 Å². The minimum Gasteiger partial charge on any atom is -0.395 e. The van der Waals surface area contributed by atoms with Crippen molar-refractivity contribution < 1.29 is 28.6 Å². The summed E-state index contributed by atoms with van der Waals surface area (Å²) in [4.78, 5) is 31.0. The molecule has 1 aliphatic heterocycles. The normalized spacial score (nSPS) is 15.3. The Hall–Kier alpha value is -3.21. The summed E-state index contributed by atoms with van der Waals surface area (Å²) in [7, 11) is 1.87. The van der Waals surface area contributed by atoms with Gasteiger partial charge in [0.1, 0.15) is 5.65 Å². The minimum absolute atomic E-state index is 0.0312. The van der Waals surface area contributed by atoms with E-state index in [4.69, 9.17) is 10.2 Å². The van der Waals surface area contributed by atoms with Gasteiger partial charge < -0.3 is 24.6 Å². The number of aliphatic hydroxyl groups is 2. The van der Waals surface area contributed by atoms with E-state index in [2.05, 4.69) is 4.98 Å². The summed E-state index contributed by atoms with van der Waals surface area (Å²) in [5.74, 6) is -2.63. The van der Waals surface area contributed by atoms with E-state index in [1.165, 1.54) is 11.1 Å². The van der Waals surface area contributed by atoms with Crippen molar-refractivity contribution in [1.29, 1.82) is 0 Å². The van der Waals surface area contributed by atoms with Gasteiger partial charge in [-0.1, -0.05) is 0 Å². The first-order valence-electron chi connectivity index (χ1n) is 11.4. The smallest absolute Gasteiger partial charge is 0.254 e. The summed E-state index contributed by atoms with van der Waals surface area (Å²) >= 11 is 0. The zero-order valence-electron chi connectivity index (χ0n) is 19.6. The van der Waals surface area contributed by atoms with Crippen molar-refractivity contribution >= 4 is 23.2 Å². The van der Waals surface area contributed by atoms with Crippen LogP contribution in [0.5, 0.6) is 0 Å². The molecular formula is C25H30F2N4O4. The molecular weight excluding hydrogens is 458 g/mol. The fraction of sp³-hybridized carbons (Fsp3) is 0.400. The Morgan fingerprint density at radius 1 is 1.11 bits per heavy atom. The summed E-state index contributed by atoms with van der Waals surface area (Å²) in [5, 5.41) is 19.0. The number of aldehydes is 1. The maximum absolute atomic E-state index is 12.5. The lowest BCUT2D eigenvalue weighted by Crippen LogP contribution is -2.36. The van der Waals surface area contributed by atoms with Gasteiger partial charge in [-0.25, -0.2) is 13.8 Å². The lowest BCUT2D eigenvalue weighted by Gasteiger charge is -2.28. The van der Waals surface area contributed by atoms with Crippen molar-refractivity contribution in [3.05, 3.63) is 59.9 Å². The highest BCUT2D eigenvalue weighted by molar-refractivity contribution is 5.94. The number of fused-ring (bicyclic) bond motifs is 1. The molecule has 2 N–H and O–H groups in total. The third kappa shape index (κ3) is 6.91. The number of aromatic nitrogens is 2. The molecule has 0 atom stereocenters. The van der Waals surface area contributed by atoms with Crippen molar-refractivity contribution in [2.24, 2.45) is 0 Å². The Bertz CT molecular complexity index is 1120. The summed E-state index contributed by atoms with van der Waals surface area (Å²) in [6.45, 7) is 1.10. The highest BCUT2D eigenvalue weighted by atomic mass is 19.3. The molecule has 1 fully saturated rings. The van der Waals surface area contributed by atoms with Crippen LogP contribution in [-0.4, -0.2) is 94.1 Å². The van der Waals surface area contributed by atoms with Gasteiger partial charge in [-0.2, -0.15) is 0 Å². The zero-order valence-corrected chi connectivity index (χ0v) is 19.6. The number of pyridine rings is 1. The van der Waals surface area contributed by atoms with E-state index in [0.29, 0.717) is 24.2 Å². The molecule has 0 radical (unpaired) electrons. The molecule has 0 saturated carbocycles. The number of likely N-dealkylation sites (tertiary alicyclic amines) is 1. The first-order valence-corrected chi connectivity index (χ1v) is 11.4. The van der Waals surface area contributed by atoms with Crippen LogP contribution in [0.3, 0.4) is 0 Å². The highest BCUT2D eigenvalue weighted by Gasteiger charge is 2.32. The molecule has 1 amide bonds. The molecule has 1 aliphatic rings. The number of amides is 1. The number of halogens is 2. The van der Waals surface area contributed by atoms with Crippen LogP contribution in [0.25, 0.3) is 16.7 Å². The van der Waals surface area contributed by atoms with Crippen LogP contribution in [-0.2, 0) is 0 Å². The van der Waals surface area contributed by atoms with E-state index in [0.717, 1.165) is 23.0 Å². The molecule has 8 nitrogen and oxygen atoms in total. The molecule has 3 aromatic rings. The Balaban J connectivity index is 0.000000320. The second-order valence-corrected chi connectivity index (χ2v) is 8.43. The Kier molecular flexibility index (Phi) is 9.02. The molecule has 0 aliphatic carbocycles. The number of nitrogens with zero attached hydrogens (tertiary/aromatic N) is 4. The topological polar surface area (TPSA) is 98.9 Å². The van der Waals surface area contributed by atoms with Crippen molar-refractivity contribution in [2.75, 3.05) is 46.4 Å². The molecule has 10 heteroatoms. The Morgan fingerprint density at radius 2 is 1.74 bits per heavy atom. The quantitative estimate of drug-likeness (QED) is 0.496. The predicted molar refractivity (Wildman–Crippen MR) is 128 cm³/mol. The lowest BCUT2D eigenvalue weighted by atomic mass is 10.1. The van der Waals surface area contributed by atoms with Gasteiger partial charge >= 0.3 is 0 Å². The molecule has 0 spiro atoms. The van der Waals surface area contributed by atoms with Crippen molar-refractivity contribution in [1.82, 2.24) is 19.4 Å². The average molecular weight is 489 g/mol. The number of hydrogen-bond donors (Lipinski definition) is 2. The van der Waals surface area contributed by atoms with Crippen molar-refractivity contribution in [3.63, 3.8) is 0 Å². The molecule has 2 aromatic heterocycles. The van der Waals surface area contributed by atoms with E-state index in [1.54, 1.807) is 30.3 Å². The molecule has 0 bridgehead atoms. The molecule has 0 unspecified atom stereocenters. The van der Waals surface area contributed by atoms with Gasteiger partial charge in [0.15, 0.2) is 6.29 Å². The van der Waals surface area contributed by atoms with E-state index >= 15 is 0 Å². The van der Waals surface area contributed by atoms with Gasteiger partial charge in [-0.05, 0) is 43.4 Å². The van der Waals surface area contributed by atoms with Crippen LogP contribution >= 0.6 is 0 Å². The number of piperidine rings is 1. The molecule has 188 valence electrons. The minimum atomic E-state index is -2.38. The number of carbonyl (C=O) groups excluding carboxylic acids is 2. The van der Waals surface area contributed by atoms with E-state index in [1.807, 2.05) is 28.8 Å². The van der Waals surface area contributed by atoms with Gasteiger partial charge in [0.25, 0.3) is 11.8 Å². The summed E-state index contributed by atoms with van der Waals surface area (Å²) in [5.41, 5.74) is 2.54. The van der Waals surface area contributed by atoms with Gasteiger partial charge in [-0.3, -0.25) is 9.59 Å². The van der Waals surface area contributed by atoms with Crippen molar-refractivity contribution in [2.45, 2.75) is 18.8 Å². The monoisotopic (exact) mass is 488 g/mol. The average Bonchev–Trinajstić information content (AvgIpc) is 3.29. The second kappa shape index (κ2) is 12.0. The van der Waals surface area contributed by atoms with Crippen LogP contribution in [0.1, 0.15) is 33.6 Å². The number of alkyl halides is 2. The van der Waals surface area contributed by atoms with Gasteiger partial charge in [-0.15, -0.1) is 0 Å². The lowest BCUT2D eigenvalue weighted by molar-refractivity contribution is -0.0504. The fourth-order valence-corrected chi connectivity index (χ4v) is 3.76. The third-order valence-electron chi connectivity index (χ3n) is 5.82. The zero-order chi connectivity index (χ0) is 25.4. The predicted octanol–water partition coefficient (Wildman–Crippen LogP) is 2.61. The molecule has 3 heterocycles. The van der Waals surface area contributed by atoms with Crippen LogP contribution in [0, 0.1) is 0 Å². The standard InChI is InChI=1S/C19H19N3O4.C6H11F2N/c23-9-7-21(8-10-24)19(26)15-1-3-17(4-2-15)22-6-5-16-11-14(13-25)12-20-18(16)22;1-9-4-2-6(7,8)3-5-9/h1-6,11-13,23-24H,7-10H2;2-5H2,1H3. The summed E-state index contributed by atoms with van der Waals surface area (Å²) in [6, 6.07) is 10.6. The number of aliphatic hydroxyl groups excluding tert-OH is 2. The molecule has 1 aromatic carbocycles. The number of rotatable bonds is 7. The third-order valence-corrected chi connectivity index (χ3v) is 5.82. The highest BCUT2D eigenvalue weighted by Crippen LogP contribution is 2.26. The number of benzene rings is 1. The summed E-state index contributed by atoms with van der Waals surface area (Å²) < 4.78 is 26.6. The summed E-state index contributed by atoms with van der Waals surface area (Å²) in [6.07, 6.45) is 4.19. The first-order chi connectivity index (χ1) is 16.8. The number of carbonyl (C=O) groups is 2. The maximum Gasteiger partial charge on any atom is 0.254 e. The van der Waals surface area contributed by atoms with Crippen LogP contribution in [0.15, 0.2) is 48.8 Å². The largest absolute Gasteiger partial charge is 0.395 e. The van der Waals surface area contributed by atoms with Gasteiger partial charge in [0, 0.05) is 73.6 Å². The number of hydrogen-bond acceptors (Lipinski definition) is 6. The molecule has 1 saturated heterocycles. The SMILES string of the molecule is CN1CCC(F)(F)CC1.O=Cc1cnc2c(ccn2-c2ccc(C(=O)N(CCO)CCO)cc2)c1. The van der Waals surface area contributed by atoms with E-state index < -0.39 is 5.92 Å². The second-order valence-electron chi connectivity index (χ2n) is 8.43. The van der Waals surface area contributed by atoms with Crippen molar-refractivity contribution in [3.8, 4) is 5.69 Å². The van der Waals surface area contributed by atoms with E-state index in [9.17, 15) is 18.4 Å². The molecule has 4 rings (SSSR count). The first kappa shape index (κ1) is 26.4.